The van der Waals surface area contributed by atoms with E-state index in [9.17, 15) is 14.4 Å². The molecular weight excluding hydrogens is 518 g/mol. The zero-order valence-electron chi connectivity index (χ0n) is 22.8. The molecule has 4 bridgehead atoms. The van der Waals surface area contributed by atoms with Gasteiger partial charge in [0.05, 0.1) is 16.4 Å². The third-order valence-corrected chi connectivity index (χ3v) is 8.92. The van der Waals surface area contributed by atoms with Gasteiger partial charge in [-0.25, -0.2) is 9.97 Å². The van der Waals surface area contributed by atoms with Crippen LogP contribution in [0, 0.1) is 17.3 Å². The van der Waals surface area contributed by atoms with Crippen LogP contribution in [0.15, 0.2) is 66.9 Å². The predicted molar refractivity (Wildman–Crippen MR) is 154 cm³/mol. The summed E-state index contributed by atoms with van der Waals surface area (Å²) in [7, 11) is 0. The first-order valence-corrected chi connectivity index (χ1v) is 14.1. The highest BCUT2D eigenvalue weighted by Crippen LogP contribution is 2.63. The van der Waals surface area contributed by atoms with Gasteiger partial charge < -0.3 is 20.4 Å². The number of rotatable bonds is 6. The molecule has 2 aromatic carbocycles. The molecule has 2 unspecified atom stereocenters. The number of pyridine rings is 1. The second-order valence-corrected chi connectivity index (χ2v) is 12.0. The van der Waals surface area contributed by atoms with Crippen LogP contribution in [0.1, 0.15) is 55.8 Å². The summed E-state index contributed by atoms with van der Waals surface area (Å²) in [6, 6.07) is 18.3. The molecule has 4 saturated carbocycles. The molecule has 4 aromatic rings. The van der Waals surface area contributed by atoms with Crippen LogP contribution < -0.4 is 10.6 Å². The SMILES string of the molecule is CC(=O)OC12C[C@H]3C[C@@H](C1)CC(C(=O)Nc1ccc(-c4nc5ccc(C(=O)Nc6ccccn6)cc5[nH]4)cc1)(C3)C2. The summed E-state index contributed by atoms with van der Waals surface area (Å²) >= 11 is 0. The molecule has 2 heterocycles. The van der Waals surface area contributed by atoms with Crippen molar-refractivity contribution in [1.82, 2.24) is 15.0 Å². The van der Waals surface area contributed by atoms with Crippen LogP contribution in [0.25, 0.3) is 22.4 Å². The van der Waals surface area contributed by atoms with Gasteiger partial charge in [0.15, 0.2) is 0 Å². The van der Waals surface area contributed by atoms with Crippen molar-refractivity contribution in [2.75, 3.05) is 10.6 Å². The minimum absolute atomic E-state index is 0.0242. The fourth-order valence-corrected chi connectivity index (χ4v) is 7.76. The Morgan fingerprint density at radius 2 is 1.73 bits per heavy atom. The van der Waals surface area contributed by atoms with Crippen molar-refractivity contribution in [3.05, 3.63) is 72.4 Å². The molecule has 4 aliphatic rings. The van der Waals surface area contributed by atoms with E-state index in [-0.39, 0.29) is 17.8 Å². The molecule has 3 N–H and O–H groups in total. The van der Waals surface area contributed by atoms with Crippen LogP contribution in [0.4, 0.5) is 11.5 Å². The summed E-state index contributed by atoms with van der Waals surface area (Å²) in [5.74, 6) is 1.53. The number of esters is 1. The number of aromatic nitrogens is 3. The molecule has 9 nitrogen and oxygen atoms in total. The summed E-state index contributed by atoms with van der Waals surface area (Å²) in [6.07, 6.45) is 6.83. The number of carbonyl (C=O) groups is 3. The van der Waals surface area contributed by atoms with E-state index in [1.165, 1.54) is 6.92 Å². The summed E-state index contributed by atoms with van der Waals surface area (Å²) in [6.45, 7) is 1.47. The van der Waals surface area contributed by atoms with Crippen LogP contribution in [0.3, 0.4) is 0 Å². The van der Waals surface area contributed by atoms with Gasteiger partial charge in [0, 0.05) is 36.4 Å². The van der Waals surface area contributed by atoms with Gasteiger partial charge in [-0.15, -0.1) is 0 Å². The number of hydrogen-bond acceptors (Lipinski definition) is 6. The van der Waals surface area contributed by atoms with Crippen molar-refractivity contribution in [3.8, 4) is 11.4 Å². The normalized spacial score (nSPS) is 26.1. The third kappa shape index (κ3) is 4.75. The first-order valence-electron chi connectivity index (χ1n) is 14.1. The number of imidazole rings is 1. The molecule has 4 atom stereocenters. The summed E-state index contributed by atoms with van der Waals surface area (Å²) in [5.41, 5.74) is 2.60. The van der Waals surface area contributed by atoms with Gasteiger partial charge in [0.1, 0.15) is 17.2 Å². The molecule has 0 saturated heterocycles. The average molecular weight is 550 g/mol. The van der Waals surface area contributed by atoms with E-state index < -0.39 is 11.0 Å². The van der Waals surface area contributed by atoms with E-state index in [1.54, 1.807) is 30.5 Å². The van der Waals surface area contributed by atoms with E-state index in [2.05, 4.69) is 25.6 Å². The molecule has 8 rings (SSSR count). The Hall–Kier alpha value is -4.53. The number of amides is 2. The topological polar surface area (TPSA) is 126 Å². The van der Waals surface area contributed by atoms with E-state index in [0.717, 1.165) is 54.4 Å². The largest absolute Gasteiger partial charge is 0.459 e. The number of nitrogens with zero attached hydrogens (tertiary/aromatic N) is 2. The van der Waals surface area contributed by atoms with Crippen LogP contribution >= 0.6 is 0 Å². The van der Waals surface area contributed by atoms with Crippen molar-refractivity contribution in [2.24, 2.45) is 17.3 Å². The molecule has 2 aromatic heterocycles. The van der Waals surface area contributed by atoms with Crippen LogP contribution in [-0.4, -0.2) is 38.3 Å². The van der Waals surface area contributed by atoms with Crippen molar-refractivity contribution in [3.63, 3.8) is 0 Å². The maximum atomic E-state index is 13.7. The number of carbonyl (C=O) groups excluding carboxylic acids is 3. The summed E-state index contributed by atoms with van der Waals surface area (Å²) in [4.78, 5) is 50.3. The van der Waals surface area contributed by atoms with Gasteiger partial charge in [0.2, 0.25) is 5.91 Å². The number of anilines is 2. The van der Waals surface area contributed by atoms with Crippen molar-refractivity contribution in [1.29, 1.82) is 0 Å². The van der Waals surface area contributed by atoms with Crippen LogP contribution in [0.2, 0.25) is 0 Å². The Morgan fingerprint density at radius 3 is 2.44 bits per heavy atom. The maximum Gasteiger partial charge on any atom is 0.303 e. The van der Waals surface area contributed by atoms with Crippen LogP contribution in [-0.2, 0) is 14.3 Å². The summed E-state index contributed by atoms with van der Waals surface area (Å²) < 4.78 is 5.86. The minimum Gasteiger partial charge on any atom is -0.459 e. The molecule has 208 valence electrons. The van der Waals surface area contributed by atoms with Gasteiger partial charge >= 0.3 is 5.97 Å². The number of benzene rings is 2. The fraction of sp³-hybridized carbons (Fsp3) is 0.344. The Labute approximate surface area is 237 Å². The van der Waals surface area contributed by atoms with Gasteiger partial charge in [-0.3, -0.25) is 14.4 Å². The third-order valence-electron chi connectivity index (χ3n) is 8.92. The fourth-order valence-electron chi connectivity index (χ4n) is 7.76. The molecule has 0 spiro atoms. The zero-order valence-corrected chi connectivity index (χ0v) is 22.8. The molecule has 0 radical (unpaired) electrons. The highest BCUT2D eigenvalue weighted by molar-refractivity contribution is 6.05. The smallest absolute Gasteiger partial charge is 0.303 e. The van der Waals surface area contributed by atoms with E-state index in [4.69, 9.17) is 4.74 Å². The van der Waals surface area contributed by atoms with Crippen LogP contribution in [0.5, 0.6) is 0 Å². The Balaban J connectivity index is 1.06. The highest BCUT2D eigenvalue weighted by atomic mass is 16.6. The van der Waals surface area contributed by atoms with E-state index >= 15 is 0 Å². The molecule has 9 heteroatoms. The lowest BCUT2D eigenvalue weighted by molar-refractivity contribution is -0.200. The second-order valence-electron chi connectivity index (χ2n) is 12.0. The molecule has 0 aliphatic heterocycles. The van der Waals surface area contributed by atoms with Gasteiger partial charge in [-0.2, -0.15) is 0 Å². The molecule has 4 fully saturated rings. The van der Waals surface area contributed by atoms with Crippen molar-refractivity contribution in [2.45, 2.75) is 51.0 Å². The lowest BCUT2D eigenvalue weighted by atomic mass is 9.47. The van der Waals surface area contributed by atoms with Crippen molar-refractivity contribution >= 4 is 40.3 Å². The lowest BCUT2D eigenvalue weighted by Crippen LogP contribution is -2.60. The minimum atomic E-state index is -0.489. The first kappa shape index (κ1) is 25.4. The van der Waals surface area contributed by atoms with Gasteiger partial charge in [-0.1, -0.05) is 6.07 Å². The Bertz CT molecular complexity index is 1650. The van der Waals surface area contributed by atoms with E-state index in [1.807, 2.05) is 36.4 Å². The molecule has 41 heavy (non-hydrogen) atoms. The average Bonchev–Trinajstić information content (AvgIpc) is 3.36. The number of aromatic amines is 1. The number of nitrogens with one attached hydrogen (secondary N) is 3. The van der Waals surface area contributed by atoms with Gasteiger partial charge in [-0.05, 0) is 98.5 Å². The molecular formula is C32H31N5O4. The number of fused-ring (bicyclic) bond motifs is 1. The molecule has 2 amide bonds. The number of H-pyrrole nitrogens is 1. The quantitative estimate of drug-likeness (QED) is 0.264. The zero-order chi connectivity index (χ0) is 28.2. The van der Waals surface area contributed by atoms with Gasteiger partial charge in [0.25, 0.3) is 5.91 Å². The number of hydrogen-bond donors (Lipinski definition) is 3. The lowest BCUT2D eigenvalue weighted by Gasteiger charge is -2.60. The highest BCUT2D eigenvalue weighted by Gasteiger charge is 2.62. The monoisotopic (exact) mass is 549 g/mol. The number of ether oxygens (including phenoxy) is 1. The summed E-state index contributed by atoms with van der Waals surface area (Å²) in [5, 5.41) is 5.95. The maximum absolute atomic E-state index is 13.7. The second kappa shape index (κ2) is 9.54. The van der Waals surface area contributed by atoms with E-state index in [0.29, 0.717) is 35.5 Å². The van der Waals surface area contributed by atoms with Crippen molar-refractivity contribution < 1.29 is 19.1 Å². The molecule has 4 aliphatic carbocycles. The Kier molecular flexibility index (Phi) is 5.92. The predicted octanol–water partition coefficient (Wildman–Crippen LogP) is 5.72. The standard InChI is InChI=1S/C32H31N5O4/c1-19(38)41-32-16-20-12-21(17-32)15-31(14-20,18-32)30(40)34-24-8-5-22(6-9-24)28-35-25-10-7-23(13-26(25)36-28)29(39)37-27-4-2-3-11-33-27/h2-11,13,20-21H,12,14-18H2,1H3,(H,34,40)(H,35,36)(H,33,37,39)/t20-,21+,31?,32?. The Morgan fingerprint density at radius 1 is 0.951 bits per heavy atom. The first-order chi connectivity index (χ1) is 19.8.